The van der Waals surface area contributed by atoms with E-state index in [-0.39, 0.29) is 6.61 Å². The molecule has 0 spiro atoms. The van der Waals surface area contributed by atoms with Gasteiger partial charge in [0.1, 0.15) is 5.70 Å². The Labute approximate surface area is 87.7 Å². The number of carbonyl (C=O) groups is 1. The molecule has 0 aliphatic carbocycles. The highest BCUT2D eigenvalue weighted by Crippen LogP contribution is 2.23. The zero-order valence-corrected chi connectivity index (χ0v) is 8.86. The third-order valence-electron chi connectivity index (χ3n) is 2.29. The fourth-order valence-corrected chi connectivity index (χ4v) is 1.61. The first-order chi connectivity index (χ1) is 7.07. The van der Waals surface area contributed by atoms with E-state index in [2.05, 4.69) is 4.74 Å². The molecule has 0 aromatic rings. The molecule has 1 aliphatic heterocycles. The molecule has 84 valence electrons. The van der Waals surface area contributed by atoms with E-state index in [1.807, 2.05) is 0 Å². The molecule has 1 fully saturated rings. The average molecular weight is 214 g/mol. The van der Waals surface area contributed by atoms with Gasteiger partial charge in [0.2, 0.25) is 0 Å². The summed E-state index contributed by atoms with van der Waals surface area (Å²) in [6, 6.07) is 0. The highest BCUT2D eigenvalue weighted by Gasteiger charge is 2.32. The number of esters is 1. The lowest BCUT2D eigenvalue weighted by Gasteiger charge is -2.12. The van der Waals surface area contributed by atoms with E-state index in [1.54, 1.807) is 18.9 Å². The van der Waals surface area contributed by atoms with Gasteiger partial charge in [-0.25, -0.2) is 4.79 Å². The van der Waals surface area contributed by atoms with Gasteiger partial charge in [0.15, 0.2) is 0 Å². The Morgan fingerprint density at radius 3 is 2.73 bits per heavy atom. The van der Waals surface area contributed by atoms with Gasteiger partial charge < -0.3 is 9.64 Å². The van der Waals surface area contributed by atoms with Crippen molar-refractivity contribution in [3.05, 3.63) is 21.5 Å². The maximum atomic E-state index is 11.4. The maximum Gasteiger partial charge on any atom is 0.411 e. The van der Waals surface area contributed by atoms with Crippen LogP contribution in [-0.2, 0) is 9.53 Å². The lowest BCUT2D eigenvalue weighted by molar-refractivity contribution is -0.423. The smallest absolute Gasteiger partial charge is 0.411 e. The van der Waals surface area contributed by atoms with Crippen molar-refractivity contribution in [2.45, 2.75) is 19.8 Å². The minimum Gasteiger partial charge on any atom is -0.458 e. The van der Waals surface area contributed by atoms with Gasteiger partial charge in [-0.05, 0) is 19.8 Å². The molecule has 0 atom stereocenters. The van der Waals surface area contributed by atoms with Crippen molar-refractivity contribution in [2.75, 3.05) is 20.2 Å². The fourth-order valence-electron chi connectivity index (χ4n) is 1.61. The molecule has 15 heavy (non-hydrogen) atoms. The Morgan fingerprint density at radius 2 is 2.33 bits per heavy atom. The molecular formula is C9H14N2O4. The van der Waals surface area contributed by atoms with Crippen molar-refractivity contribution in [3.8, 4) is 0 Å². The van der Waals surface area contributed by atoms with E-state index < -0.39 is 16.6 Å². The monoisotopic (exact) mass is 214 g/mol. The third-order valence-corrected chi connectivity index (χ3v) is 2.29. The van der Waals surface area contributed by atoms with E-state index in [1.165, 1.54) is 0 Å². The van der Waals surface area contributed by atoms with Crippen LogP contribution in [0.2, 0.25) is 0 Å². The second kappa shape index (κ2) is 4.77. The molecule has 1 saturated heterocycles. The predicted molar refractivity (Wildman–Crippen MR) is 52.5 cm³/mol. The molecule has 0 aromatic heterocycles. The van der Waals surface area contributed by atoms with Crippen LogP contribution in [-0.4, -0.2) is 36.0 Å². The minimum atomic E-state index is -0.841. The van der Waals surface area contributed by atoms with Gasteiger partial charge in [0, 0.05) is 13.6 Å². The molecule has 6 nitrogen and oxygen atoms in total. The van der Waals surface area contributed by atoms with Crippen LogP contribution < -0.4 is 0 Å². The standard InChI is InChI=1S/C9H14N2O4/c1-3-15-9(12)8(11(13)14)7-5-4-6-10(7)2/h3-6H2,1-2H3/b8-7+. The fraction of sp³-hybridized carbons (Fsp3) is 0.667. The highest BCUT2D eigenvalue weighted by molar-refractivity contribution is 5.86. The van der Waals surface area contributed by atoms with Crippen molar-refractivity contribution in [1.29, 1.82) is 0 Å². The number of nitro groups is 1. The van der Waals surface area contributed by atoms with Crippen molar-refractivity contribution in [1.82, 2.24) is 4.90 Å². The minimum absolute atomic E-state index is 0.146. The number of likely N-dealkylation sites (tertiary alicyclic amines) is 1. The van der Waals surface area contributed by atoms with Crippen LogP contribution in [0.1, 0.15) is 19.8 Å². The maximum absolute atomic E-state index is 11.4. The molecule has 1 heterocycles. The first-order valence-electron chi connectivity index (χ1n) is 4.83. The third kappa shape index (κ3) is 2.45. The Bertz CT molecular complexity index is 311. The van der Waals surface area contributed by atoms with Gasteiger partial charge in [-0.2, -0.15) is 0 Å². The Kier molecular flexibility index (Phi) is 3.65. The molecule has 0 N–H and O–H groups in total. The Hall–Kier alpha value is -1.59. The number of allylic oxidation sites excluding steroid dienone is 1. The van der Waals surface area contributed by atoms with Crippen molar-refractivity contribution in [2.24, 2.45) is 0 Å². The summed E-state index contributed by atoms with van der Waals surface area (Å²) in [5.74, 6) is -0.841. The molecule has 1 rings (SSSR count). The highest BCUT2D eigenvalue weighted by atomic mass is 16.6. The average Bonchev–Trinajstić information content (AvgIpc) is 2.52. The van der Waals surface area contributed by atoms with Gasteiger partial charge in [-0.1, -0.05) is 0 Å². The Morgan fingerprint density at radius 1 is 1.67 bits per heavy atom. The van der Waals surface area contributed by atoms with E-state index in [9.17, 15) is 14.9 Å². The molecule has 0 radical (unpaired) electrons. The molecule has 6 heteroatoms. The number of hydrogen-bond acceptors (Lipinski definition) is 5. The number of ether oxygens (including phenoxy) is 1. The summed E-state index contributed by atoms with van der Waals surface area (Å²) in [7, 11) is 1.74. The van der Waals surface area contributed by atoms with Gasteiger partial charge in [-0.3, -0.25) is 10.1 Å². The SMILES string of the molecule is CCOC(=O)/C(=C1/CCCN1C)[N+](=O)[O-]. The molecular weight excluding hydrogens is 200 g/mol. The van der Waals surface area contributed by atoms with Crippen LogP contribution in [0.25, 0.3) is 0 Å². The normalized spacial score (nSPS) is 18.9. The summed E-state index contributed by atoms with van der Waals surface area (Å²) in [5.41, 5.74) is 0.0512. The summed E-state index contributed by atoms with van der Waals surface area (Å²) < 4.78 is 4.66. The molecule has 0 bridgehead atoms. The summed E-state index contributed by atoms with van der Waals surface area (Å²) in [5, 5.41) is 10.8. The quantitative estimate of drug-likeness (QED) is 0.300. The second-order valence-corrected chi connectivity index (χ2v) is 3.30. The van der Waals surface area contributed by atoms with Crippen molar-refractivity contribution in [3.63, 3.8) is 0 Å². The van der Waals surface area contributed by atoms with Crippen molar-refractivity contribution >= 4 is 5.97 Å². The number of hydrogen-bond donors (Lipinski definition) is 0. The Balaban J connectivity index is 3.00. The predicted octanol–water partition coefficient (Wildman–Crippen LogP) is 0.763. The van der Waals surface area contributed by atoms with Crippen LogP contribution in [0.15, 0.2) is 11.4 Å². The molecule has 0 aromatic carbocycles. The van der Waals surface area contributed by atoms with Crippen LogP contribution >= 0.6 is 0 Å². The molecule has 1 aliphatic rings. The number of nitrogens with zero attached hydrogens (tertiary/aromatic N) is 2. The summed E-state index contributed by atoms with van der Waals surface area (Å²) in [6.45, 7) is 2.51. The van der Waals surface area contributed by atoms with Gasteiger partial charge in [0.05, 0.1) is 11.5 Å². The van der Waals surface area contributed by atoms with Crippen LogP contribution in [0.3, 0.4) is 0 Å². The zero-order chi connectivity index (χ0) is 11.4. The zero-order valence-electron chi connectivity index (χ0n) is 8.86. The van der Waals surface area contributed by atoms with E-state index in [0.29, 0.717) is 12.1 Å². The summed E-state index contributed by atoms with van der Waals surface area (Å²) >= 11 is 0. The van der Waals surface area contributed by atoms with Crippen LogP contribution in [0.5, 0.6) is 0 Å². The summed E-state index contributed by atoms with van der Waals surface area (Å²) in [4.78, 5) is 23.2. The van der Waals surface area contributed by atoms with E-state index >= 15 is 0 Å². The lowest BCUT2D eigenvalue weighted by Crippen LogP contribution is -2.22. The van der Waals surface area contributed by atoms with E-state index in [4.69, 9.17) is 0 Å². The van der Waals surface area contributed by atoms with Crippen LogP contribution in [0, 0.1) is 10.1 Å². The first kappa shape index (κ1) is 11.5. The molecule has 0 amide bonds. The molecule has 0 saturated carbocycles. The molecule has 0 unspecified atom stereocenters. The topological polar surface area (TPSA) is 72.7 Å². The van der Waals surface area contributed by atoms with Crippen molar-refractivity contribution < 1.29 is 14.5 Å². The van der Waals surface area contributed by atoms with Gasteiger partial charge in [0.25, 0.3) is 0 Å². The number of carbonyl (C=O) groups excluding carboxylic acids is 1. The lowest BCUT2D eigenvalue weighted by atomic mass is 10.2. The van der Waals surface area contributed by atoms with Crippen LogP contribution in [0.4, 0.5) is 0 Å². The summed E-state index contributed by atoms with van der Waals surface area (Å²) in [6.07, 6.45) is 1.40. The van der Waals surface area contributed by atoms with Gasteiger partial charge in [-0.15, -0.1) is 0 Å². The number of rotatable bonds is 3. The largest absolute Gasteiger partial charge is 0.458 e. The second-order valence-electron chi connectivity index (χ2n) is 3.30. The first-order valence-corrected chi connectivity index (χ1v) is 4.83. The van der Waals surface area contributed by atoms with E-state index in [0.717, 1.165) is 13.0 Å². The van der Waals surface area contributed by atoms with Gasteiger partial charge >= 0.3 is 11.7 Å².